The van der Waals surface area contributed by atoms with Crippen LogP contribution in [0, 0.1) is 0 Å². The molecule has 0 N–H and O–H groups in total. The van der Waals surface area contributed by atoms with E-state index < -0.39 is 6.10 Å². The summed E-state index contributed by atoms with van der Waals surface area (Å²) in [5.41, 5.74) is 0. The van der Waals surface area contributed by atoms with Crippen molar-refractivity contribution in [3.63, 3.8) is 0 Å². The van der Waals surface area contributed by atoms with E-state index in [1.54, 1.807) is 0 Å². The zero-order chi connectivity index (χ0) is 10.4. The van der Waals surface area contributed by atoms with E-state index in [0.29, 0.717) is 6.42 Å². The first kappa shape index (κ1) is 16.4. The Kier molecular flexibility index (Phi) is 9.70. The van der Waals surface area contributed by atoms with E-state index in [9.17, 15) is 4.79 Å². The second-order valence-electron chi connectivity index (χ2n) is 3.57. The zero-order valence-electron chi connectivity index (χ0n) is 9.16. The molecule has 1 atom stereocenters. The topological polar surface area (TPSA) is 35.5 Å². The van der Waals surface area contributed by atoms with Gasteiger partial charge < -0.3 is 9.47 Å². The molecule has 3 nitrogen and oxygen atoms in total. The van der Waals surface area contributed by atoms with Crippen molar-refractivity contribution in [1.29, 1.82) is 0 Å². The van der Waals surface area contributed by atoms with Crippen molar-refractivity contribution in [2.24, 2.45) is 0 Å². The maximum absolute atomic E-state index is 11.4. The minimum atomic E-state index is -0.414. The van der Waals surface area contributed by atoms with Crippen molar-refractivity contribution >= 4 is 23.3 Å². The molecule has 0 heterocycles. The molecule has 0 aliphatic carbocycles. The first-order valence-electron chi connectivity index (χ1n) is 4.83. The van der Waals surface area contributed by atoms with Gasteiger partial charge in [-0.05, 0) is 34.1 Å². The summed E-state index contributed by atoms with van der Waals surface area (Å²) in [6.45, 7) is 9.39. The summed E-state index contributed by atoms with van der Waals surface area (Å²) in [7, 11) is 0. The molecule has 0 fully saturated rings. The predicted octanol–water partition coefficient (Wildman–Crippen LogP) is 0.958. The van der Waals surface area contributed by atoms with Gasteiger partial charge in [-0.3, -0.25) is 0 Å². The number of rotatable bonds is 5. The predicted molar refractivity (Wildman–Crippen MR) is 61.5 cm³/mol. The summed E-state index contributed by atoms with van der Waals surface area (Å²) in [5.74, 6) is -0.258. The number of hydrogen-bond acceptors (Lipinski definition) is 3. The highest BCUT2D eigenvalue weighted by Crippen LogP contribution is 2.06. The smallest absolute Gasteiger partial charge is 0.335 e. The standard InChI is InChI=1S/C10H20O3.Al.3H/c1-6-9(12-7(2)3)10(11)13-8(4)5;;;;/h7-9H,6H2,1-5H3;;;;. The van der Waals surface area contributed by atoms with Crippen LogP contribution in [-0.4, -0.2) is 41.6 Å². The van der Waals surface area contributed by atoms with Crippen LogP contribution in [0.25, 0.3) is 0 Å². The average molecular weight is 218 g/mol. The second kappa shape index (κ2) is 8.29. The molecule has 0 aliphatic rings. The van der Waals surface area contributed by atoms with E-state index in [-0.39, 0.29) is 35.5 Å². The average Bonchev–Trinajstić information content (AvgIpc) is 1.98. The highest BCUT2D eigenvalue weighted by molar-refractivity contribution is 5.75. The van der Waals surface area contributed by atoms with Gasteiger partial charge in [0, 0.05) is 0 Å². The quantitative estimate of drug-likeness (QED) is 0.509. The van der Waals surface area contributed by atoms with Crippen molar-refractivity contribution in [2.45, 2.75) is 59.4 Å². The molecular weight excluding hydrogens is 195 g/mol. The van der Waals surface area contributed by atoms with Crippen LogP contribution in [0.3, 0.4) is 0 Å². The van der Waals surface area contributed by atoms with Gasteiger partial charge in [-0.2, -0.15) is 0 Å². The summed E-state index contributed by atoms with van der Waals surface area (Å²) >= 11 is 0. The van der Waals surface area contributed by atoms with Crippen LogP contribution in [-0.2, 0) is 14.3 Å². The van der Waals surface area contributed by atoms with E-state index in [2.05, 4.69) is 0 Å². The largest absolute Gasteiger partial charge is 0.461 e. The fourth-order valence-corrected chi connectivity index (χ4v) is 0.955. The van der Waals surface area contributed by atoms with E-state index in [1.165, 1.54) is 0 Å². The van der Waals surface area contributed by atoms with E-state index in [4.69, 9.17) is 9.47 Å². The Labute approximate surface area is 97.3 Å². The molecule has 0 radical (unpaired) electrons. The van der Waals surface area contributed by atoms with Gasteiger partial charge in [-0.25, -0.2) is 4.79 Å². The lowest BCUT2D eigenvalue weighted by atomic mass is 10.2. The molecule has 0 rings (SSSR count). The van der Waals surface area contributed by atoms with Gasteiger partial charge in [0.25, 0.3) is 0 Å². The normalized spacial score (nSPS) is 12.5. The van der Waals surface area contributed by atoms with Gasteiger partial charge in [0.05, 0.1) is 12.2 Å². The Balaban J connectivity index is 0. The number of carbonyl (C=O) groups excluding carboxylic acids is 1. The summed E-state index contributed by atoms with van der Waals surface area (Å²) in [6.07, 6.45) is 0.230. The number of hydrogen-bond donors (Lipinski definition) is 0. The molecule has 0 aromatic heterocycles. The van der Waals surface area contributed by atoms with Gasteiger partial charge in [0.1, 0.15) is 0 Å². The highest BCUT2D eigenvalue weighted by Gasteiger charge is 2.20. The van der Waals surface area contributed by atoms with Crippen LogP contribution in [0.4, 0.5) is 0 Å². The van der Waals surface area contributed by atoms with E-state index >= 15 is 0 Å². The van der Waals surface area contributed by atoms with E-state index in [0.717, 1.165) is 0 Å². The molecule has 0 aliphatic heterocycles. The molecule has 0 aromatic rings. The van der Waals surface area contributed by atoms with Crippen LogP contribution in [0.1, 0.15) is 41.0 Å². The van der Waals surface area contributed by atoms with Gasteiger partial charge >= 0.3 is 5.97 Å². The molecule has 84 valence electrons. The lowest BCUT2D eigenvalue weighted by molar-refractivity contribution is -0.164. The van der Waals surface area contributed by atoms with Crippen LogP contribution in [0.2, 0.25) is 0 Å². The molecule has 0 spiro atoms. The lowest BCUT2D eigenvalue weighted by Gasteiger charge is -2.18. The zero-order valence-corrected chi connectivity index (χ0v) is 9.16. The number of esters is 1. The Morgan fingerprint density at radius 1 is 1.14 bits per heavy atom. The molecule has 0 amide bonds. The molecule has 1 unspecified atom stereocenters. The molecule has 0 bridgehead atoms. The second-order valence-corrected chi connectivity index (χ2v) is 3.57. The summed E-state index contributed by atoms with van der Waals surface area (Å²) < 4.78 is 10.4. The van der Waals surface area contributed by atoms with Crippen LogP contribution >= 0.6 is 0 Å². The Morgan fingerprint density at radius 2 is 1.64 bits per heavy atom. The van der Waals surface area contributed by atoms with E-state index in [1.807, 2.05) is 34.6 Å². The van der Waals surface area contributed by atoms with Crippen molar-refractivity contribution in [3.05, 3.63) is 0 Å². The maximum atomic E-state index is 11.4. The third-order valence-electron chi connectivity index (χ3n) is 1.42. The van der Waals surface area contributed by atoms with Crippen molar-refractivity contribution < 1.29 is 14.3 Å². The van der Waals surface area contributed by atoms with Crippen molar-refractivity contribution in [3.8, 4) is 0 Å². The highest BCUT2D eigenvalue weighted by atomic mass is 27.0. The molecule has 0 aromatic carbocycles. The summed E-state index contributed by atoms with van der Waals surface area (Å²) in [5, 5.41) is 0. The van der Waals surface area contributed by atoms with Gasteiger partial charge in [0.2, 0.25) is 0 Å². The third-order valence-corrected chi connectivity index (χ3v) is 1.42. The molecule has 0 saturated heterocycles. The summed E-state index contributed by atoms with van der Waals surface area (Å²) in [4.78, 5) is 11.4. The van der Waals surface area contributed by atoms with Crippen LogP contribution in [0.5, 0.6) is 0 Å². The van der Waals surface area contributed by atoms with Crippen molar-refractivity contribution in [1.82, 2.24) is 0 Å². The third kappa shape index (κ3) is 7.37. The Hall–Kier alpha value is -0.0375. The minimum absolute atomic E-state index is 0. The Bertz CT molecular complexity index is 157. The first-order valence-corrected chi connectivity index (χ1v) is 4.83. The molecule has 4 heteroatoms. The molecule has 0 saturated carbocycles. The van der Waals surface area contributed by atoms with Gasteiger partial charge in [0.15, 0.2) is 23.5 Å². The fraction of sp³-hybridized carbons (Fsp3) is 0.900. The minimum Gasteiger partial charge on any atom is -0.461 e. The maximum Gasteiger partial charge on any atom is 0.335 e. The fourth-order valence-electron chi connectivity index (χ4n) is 0.955. The van der Waals surface area contributed by atoms with Crippen LogP contribution in [0.15, 0.2) is 0 Å². The lowest BCUT2D eigenvalue weighted by Crippen LogP contribution is -2.30. The van der Waals surface area contributed by atoms with Gasteiger partial charge in [-0.15, -0.1) is 0 Å². The van der Waals surface area contributed by atoms with Gasteiger partial charge in [-0.1, -0.05) is 6.92 Å². The number of ether oxygens (including phenoxy) is 2. The molecular formula is C10H23AlO3. The van der Waals surface area contributed by atoms with Crippen molar-refractivity contribution in [2.75, 3.05) is 0 Å². The summed E-state index contributed by atoms with van der Waals surface area (Å²) in [6, 6.07) is 0. The monoisotopic (exact) mass is 218 g/mol. The first-order chi connectivity index (χ1) is 5.97. The SMILES string of the molecule is CCC(OC(C)C)C(=O)OC(C)C.[AlH3]. The Morgan fingerprint density at radius 3 is 1.93 bits per heavy atom. The molecule has 14 heavy (non-hydrogen) atoms. The van der Waals surface area contributed by atoms with Crippen LogP contribution < -0.4 is 0 Å². The number of carbonyl (C=O) groups is 1.